The second kappa shape index (κ2) is 9.71. The number of likely N-dealkylation sites (tertiary alicyclic amines) is 1. The summed E-state index contributed by atoms with van der Waals surface area (Å²) in [6.07, 6.45) is 3.55. The quantitative estimate of drug-likeness (QED) is 0.434. The summed E-state index contributed by atoms with van der Waals surface area (Å²) in [7, 11) is 0. The molecule has 0 radical (unpaired) electrons. The van der Waals surface area contributed by atoms with E-state index < -0.39 is 23.3 Å². The van der Waals surface area contributed by atoms with Gasteiger partial charge >= 0.3 is 0 Å². The maximum Gasteiger partial charge on any atom is 0.134 e. The maximum atomic E-state index is 15.7. The van der Waals surface area contributed by atoms with Crippen molar-refractivity contribution in [2.24, 2.45) is 5.92 Å². The van der Waals surface area contributed by atoms with E-state index in [2.05, 4.69) is 22.0 Å². The van der Waals surface area contributed by atoms with Gasteiger partial charge in [-0.25, -0.2) is 13.2 Å². The van der Waals surface area contributed by atoms with Crippen LogP contribution in [0, 0.1) is 17.6 Å². The first-order valence-electron chi connectivity index (χ1n) is 12.9. The molecule has 0 bridgehead atoms. The lowest BCUT2D eigenvalue weighted by molar-refractivity contribution is 0.0654. The zero-order valence-electron chi connectivity index (χ0n) is 21.5. The van der Waals surface area contributed by atoms with Gasteiger partial charge in [0, 0.05) is 55.3 Å². The van der Waals surface area contributed by atoms with E-state index in [4.69, 9.17) is 4.74 Å². The second-order valence-corrected chi connectivity index (χ2v) is 11.0. The van der Waals surface area contributed by atoms with E-state index in [9.17, 15) is 4.39 Å². The van der Waals surface area contributed by atoms with Crippen molar-refractivity contribution in [1.82, 2.24) is 20.0 Å². The van der Waals surface area contributed by atoms with Crippen molar-refractivity contribution in [1.29, 1.82) is 0 Å². The van der Waals surface area contributed by atoms with Gasteiger partial charge in [0.25, 0.3) is 0 Å². The largest absolute Gasteiger partial charge is 0.492 e. The number of benzene rings is 2. The molecule has 1 aromatic heterocycles. The zero-order valence-corrected chi connectivity index (χ0v) is 21.5. The Balaban J connectivity index is 1.47. The van der Waals surface area contributed by atoms with E-state index >= 15 is 8.78 Å². The molecule has 0 unspecified atom stereocenters. The van der Waals surface area contributed by atoms with Gasteiger partial charge in [0.1, 0.15) is 29.7 Å². The van der Waals surface area contributed by atoms with Crippen molar-refractivity contribution >= 4 is 10.9 Å². The molecule has 8 heteroatoms. The number of hydrogen-bond acceptors (Lipinski definition) is 4. The molecule has 36 heavy (non-hydrogen) atoms. The van der Waals surface area contributed by atoms with Gasteiger partial charge in [-0.2, -0.15) is 5.10 Å². The molecule has 5 nitrogen and oxygen atoms in total. The van der Waals surface area contributed by atoms with Crippen LogP contribution in [0.2, 0.25) is 0 Å². The minimum atomic E-state index is -1.53. The lowest BCUT2D eigenvalue weighted by Crippen LogP contribution is -2.48. The molecule has 0 amide bonds. The van der Waals surface area contributed by atoms with Crippen LogP contribution in [-0.4, -0.2) is 64.5 Å². The zero-order chi connectivity index (χ0) is 25.6. The highest BCUT2D eigenvalue weighted by Crippen LogP contribution is 2.43. The summed E-state index contributed by atoms with van der Waals surface area (Å²) in [6.45, 7) is 10.4. The SMILES string of the molecule is CCC1CN(CCOc2cc(F)c([C@@H]3c4ccc5[nH]ncc5c4C[C@@H](C)N3CC(C)(C)F)c(F)c2)C1. The van der Waals surface area contributed by atoms with Crippen LogP contribution in [0.3, 0.4) is 0 Å². The molecule has 2 aromatic carbocycles. The van der Waals surface area contributed by atoms with Crippen LogP contribution < -0.4 is 4.74 Å². The minimum Gasteiger partial charge on any atom is -0.492 e. The summed E-state index contributed by atoms with van der Waals surface area (Å²) >= 11 is 0. The number of H-pyrrole nitrogens is 1. The average molecular weight is 501 g/mol. The summed E-state index contributed by atoms with van der Waals surface area (Å²) in [5.41, 5.74) is 1.03. The number of ether oxygens (including phenoxy) is 1. The summed E-state index contributed by atoms with van der Waals surface area (Å²) in [6, 6.07) is 5.38. The van der Waals surface area contributed by atoms with E-state index in [0.717, 1.165) is 47.6 Å². The van der Waals surface area contributed by atoms with Gasteiger partial charge in [-0.1, -0.05) is 19.4 Å². The van der Waals surface area contributed by atoms with E-state index in [-0.39, 0.29) is 23.9 Å². The Morgan fingerprint density at radius 3 is 2.56 bits per heavy atom. The number of aromatic nitrogens is 2. The lowest BCUT2D eigenvalue weighted by atomic mass is 9.82. The van der Waals surface area contributed by atoms with Crippen LogP contribution in [-0.2, 0) is 6.42 Å². The molecule has 1 N–H and O–H groups in total. The fourth-order valence-corrected chi connectivity index (χ4v) is 5.74. The number of aromatic amines is 1. The summed E-state index contributed by atoms with van der Waals surface area (Å²) in [5.74, 6) is -0.452. The maximum absolute atomic E-state index is 15.7. The third-order valence-corrected chi connectivity index (χ3v) is 7.63. The predicted molar refractivity (Wildman–Crippen MR) is 135 cm³/mol. The molecule has 5 rings (SSSR count). The molecular weight excluding hydrogens is 465 g/mol. The molecule has 1 fully saturated rings. The van der Waals surface area contributed by atoms with Crippen molar-refractivity contribution in [3.05, 3.63) is 58.8 Å². The van der Waals surface area contributed by atoms with Crippen molar-refractivity contribution in [2.75, 3.05) is 32.8 Å². The fourth-order valence-electron chi connectivity index (χ4n) is 5.74. The molecular formula is C28H35F3N4O. The van der Waals surface area contributed by atoms with Crippen LogP contribution in [0.4, 0.5) is 13.2 Å². The topological polar surface area (TPSA) is 44.4 Å². The molecule has 0 spiro atoms. The molecule has 194 valence electrons. The Kier molecular flexibility index (Phi) is 6.76. The van der Waals surface area contributed by atoms with Gasteiger partial charge in [-0.15, -0.1) is 0 Å². The standard InChI is InChI=1S/C28H35F3N4O/c1-5-18-14-34(15-18)8-9-36-19-11-23(29)26(24(30)12-19)27-20-6-7-25-22(13-32-33-25)21(20)10-17(2)35(27)16-28(3,4)31/h6-7,11-13,17-18,27H,5,8-10,14-16H2,1-4H3,(H,32,33)/t17-,27+/m1/s1. The van der Waals surface area contributed by atoms with Gasteiger partial charge in [-0.3, -0.25) is 14.9 Å². The van der Waals surface area contributed by atoms with Crippen LogP contribution in [0.1, 0.15) is 56.8 Å². The minimum absolute atomic E-state index is 0.0490. The normalized spacial score (nSPS) is 21.5. The smallest absolute Gasteiger partial charge is 0.134 e. The van der Waals surface area contributed by atoms with E-state index in [1.165, 1.54) is 32.4 Å². The third-order valence-electron chi connectivity index (χ3n) is 7.63. The number of nitrogens with one attached hydrogen (secondary N) is 1. The van der Waals surface area contributed by atoms with E-state index in [1.807, 2.05) is 24.0 Å². The van der Waals surface area contributed by atoms with Gasteiger partial charge < -0.3 is 4.74 Å². The van der Waals surface area contributed by atoms with Crippen LogP contribution >= 0.6 is 0 Å². The fraction of sp³-hybridized carbons (Fsp3) is 0.536. The van der Waals surface area contributed by atoms with Crippen LogP contribution in [0.25, 0.3) is 10.9 Å². The van der Waals surface area contributed by atoms with Crippen LogP contribution in [0.15, 0.2) is 30.5 Å². The van der Waals surface area contributed by atoms with Gasteiger partial charge in [0.05, 0.1) is 17.8 Å². The van der Waals surface area contributed by atoms with Crippen LogP contribution in [0.5, 0.6) is 5.75 Å². The molecule has 3 aromatic rings. The van der Waals surface area contributed by atoms with Crippen molar-refractivity contribution in [3.63, 3.8) is 0 Å². The van der Waals surface area contributed by atoms with Crippen molar-refractivity contribution < 1.29 is 17.9 Å². The Morgan fingerprint density at radius 1 is 1.17 bits per heavy atom. The summed E-state index contributed by atoms with van der Waals surface area (Å²) < 4.78 is 52.0. The monoisotopic (exact) mass is 500 g/mol. The average Bonchev–Trinajstić information content (AvgIpc) is 3.25. The number of hydrogen-bond donors (Lipinski definition) is 1. The molecule has 2 aliphatic rings. The highest BCUT2D eigenvalue weighted by atomic mass is 19.1. The van der Waals surface area contributed by atoms with E-state index in [1.54, 1.807) is 6.20 Å². The second-order valence-electron chi connectivity index (χ2n) is 11.0. The number of fused-ring (bicyclic) bond motifs is 3. The number of rotatable bonds is 8. The molecule has 3 heterocycles. The number of alkyl halides is 1. The summed E-state index contributed by atoms with van der Waals surface area (Å²) in [5, 5.41) is 8.05. The predicted octanol–water partition coefficient (Wildman–Crippen LogP) is 5.65. The Hall–Kier alpha value is -2.58. The van der Waals surface area contributed by atoms with E-state index in [0.29, 0.717) is 13.0 Å². The van der Waals surface area contributed by atoms with Gasteiger partial charge in [0.15, 0.2) is 0 Å². The van der Waals surface area contributed by atoms with Gasteiger partial charge in [0.2, 0.25) is 0 Å². The molecule has 1 saturated heterocycles. The first-order valence-corrected chi connectivity index (χ1v) is 12.9. The Morgan fingerprint density at radius 2 is 1.89 bits per heavy atom. The molecule has 2 atom stereocenters. The molecule has 2 aliphatic heterocycles. The highest BCUT2D eigenvalue weighted by Gasteiger charge is 2.40. The van der Waals surface area contributed by atoms with Crippen molar-refractivity contribution in [2.45, 2.75) is 58.3 Å². The highest BCUT2D eigenvalue weighted by molar-refractivity contribution is 5.83. The number of nitrogens with zero attached hydrogens (tertiary/aromatic N) is 3. The number of halogens is 3. The Labute approximate surface area is 210 Å². The Bertz CT molecular complexity index is 1210. The third kappa shape index (κ3) is 4.85. The van der Waals surface area contributed by atoms with Gasteiger partial charge in [-0.05, 0) is 50.3 Å². The first-order chi connectivity index (χ1) is 17.1. The first kappa shape index (κ1) is 25.1. The molecule has 0 aliphatic carbocycles. The summed E-state index contributed by atoms with van der Waals surface area (Å²) in [4.78, 5) is 4.16. The molecule has 0 saturated carbocycles. The lowest BCUT2D eigenvalue weighted by Gasteiger charge is -2.44. The van der Waals surface area contributed by atoms with Crippen molar-refractivity contribution in [3.8, 4) is 5.75 Å².